The smallest absolute Gasteiger partial charge is 0.503 e. The van der Waals surface area contributed by atoms with Gasteiger partial charge in [0.15, 0.2) is 0 Å². The molecule has 9 rings (SSSR count). The molecule has 9 aromatic rings. The first-order valence-electron chi connectivity index (χ1n) is 16.4. The molecule has 0 fully saturated rings. The number of nitrogens with zero attached hydrogens (tertiary/aromatic N) is 3. The van der Waals surface area contributed by atoms with Gasteiger partial charge < -0.3 is 18.7 Å². The number of furan rings is 1. The van der Waals surface area contributed by atoms with E-state index in [0.717, 1.165) is 50.2 Å². The molecule has 4 heterocycles. The third-order valence-electron chi connectivity index (χ3n) is 9.15. The van der Waals surface area contributed by atoms with Gasteiger partial charge in [-0.25, -0.2) is 9.37 Å². The number of aromatic nitrogens is 3. The summed E-state index contributed by atoms with van der Waals surface area (Å²) in [4.78, 5) is 9.56. The number of pyridine rings is 2. The predicted octanol–water partition coefficient (Wildman–Crippen LogP) is 11.3. The van der Waals surface area contributed by atoms with Crippen LogP contribution < -0.4 is 4.74 Å². The van der Waals surface area contributed by atoms with Crippen molar-refractivity contribution in [3.63, 3.8) is 0 Å². The van der Waals surface area contributed by atoms with E-state index in [0.29, 0.717) is 50.8 Å². The molecule has 0 N–H and O–H groups in total. The molecule has 7 heteroatoms. The molecule has 0 aliphatic heterocycles. The van der Waals surface area contributed by atoms with Crippen LogP contribution in [0.1, 0.15) is 25.0 Å². The molecule has 5 nitrogen and oxygen atoms in total. The monoisotopic (exact) mass is 834 g/mol. The van der Waals surface area contributed by atoms with Crippen LogP contribution in [0, 0.1) is 30.8 Å². The van der Waals surface area contributed by atoms with Crippen LogP contribution in [-0.2, 0) is 27.5 Å². The summed E-state index contributed by atoms with van der Waals surface area (Å²) < 4.78 is 30.0. The molecule has 0 aliphatic rings. The Morgan fingerprint density at radius 3 is 2.50 bits per heavy atom. The second kappa shape index (κ2) is 12.5. The molecule has 4 aromatic heterocycles. The second-order valence-corrected chi connectivity index (χ2v) is 13.0. The van der Waals surface area contributed by atoms with E-state index >= 15 is 0 Å². The van der Waals surface area contributed by atoms with E-state index in [4.69, 9.17) is 14.1 Å². The van der Waals surface area contributed by atoms with Crippen molar-refractivity contribution in [3.05, 3.63) is 139 Å². The molecule has 0 unspecified atom stereocenters. The molecule has 246 valence electrons. The Morgan fingerprint density at radius 1 is 0.800 bits per heavy atom. The number of fused-ring (bicyclic) bond motifs is 7. The van der Waals surface area contributed by atoms with Crippen molar-refractivity contribution in [1.29, 1.82) is 0 Å². The average molecular weight is 835 g/mol. The number of benzene rings is 5. The van der Waals surface area contributed by atoms with Gasteiger partial charge in [0, 0.05) is 40.2 Å². The molecule has 5 aromatic carbocycles. The zero-order valence-corrected chi connectivity index (χ0v) is 29.8. The van der Waals surface area contributed by atoms with Gasteiger partial charge in [-0.1, -0.05) is 91.0 Å². The summed E-state index contributed by atoms with van der Waals surface area (Å²) in [7, 11) is 0. The van der Waals surface area contributed by atoms with Gasteiger partial charge in [-0.2, -0.15) is 6.07 Å². The zero-order chi connectivity index (χ0) is 33.2. The Labute approximate surface area is 302 Å². The van der Waals surface area contributed by atoms with Crippen molar-refractivity contribution in [2.24, 2.45) is 5.92 Å². The standard InChI is InChI=1S/C43H30FN3O2.Pt/c1-25(2)17-27-9-8-10-28-19-38(46-24-36(27)28)35-21-30(20-34-33-23-37(44)26(3)18-41(33)49-43(34)35)48-29-14-15-32-31-11-4-5-12-39(31)47(40(32)22-29)42-13-6-7-16-45-42;/h4-16,18-20,23-25H,17H2,1-3H3;/q-2;+2. The molecule has 0 aliphatic carbocycles. The SMILES string of the molecule is Cc1cc2oc3c(-c4cc5cccc(CC(C)C)c5cn4)[c-]c(Oc4[c-]c5c(cc4)c4ccccc4n5-c4ccccn4)cc3c2cc1F.[Pt+2]. The maximum absolute atomic E-state index is 14.9. The fourth-order valence-electron chi connectivity index (χ4n) is 6.91. The number of ether oxygens (including phenoxy) is 1. The maximum Gasteiger partial charge on any atom is 2.00 e. The van der Waals surface area contributed by atoms with Crippen molar-refractivity contribution < 1.29 is 34.6 Å². The van der Waals surface area contributed by atoms with Crippen LogP contribution in [0.15, 0.2) is 114 Å². The van der Waals surface area contributed by atoms with Crippen molar-refractivity contribution >= 4 is 54.5 Å². The summed E-state index contributed by atoms with van der Waals surface area (Å²) in [5.74, 6) is 1.97. The van der Waals surface area contributed by atoms with E-state index < -0.39 is 0 Å². The molecule has 0 saturated carbocycles. The Balaban J connectivity index is 0.00000361. The molecule has 0 bridgehead atoms. The van der Waals surface area contributed by atoms with Gasteiger partial charge in [0.1, 0.15) is 17.2 Å². The van der Waals surface area contributed by atoms with Gasteiger partial charge >= 0.3 is 21.1 Å². The number of hydrogen-bond donors (Lipinski definition) is 0. The molecule has 0 atom stereocenters. The first-order chi connectivity index (χ1) is 23.9. The molecule has 50 heavy (non-hydrogen) atoms. The molecule has 0 spiro atoms. The number of rotatable bonds is 6. The minimum absolute atomic E-state index is 0. The third-order valence-corrected chi connectivity index (χ3v) is 9.15. The van der Waals surface area contributed by atoms with Gasteiger partial charge in [0.2, 0.25) is 0 Å². The largest absolute Gasteiger partial charge is 2.00 e. The summed E-state index contributed by atoms with van der Waals surface area (Å²) >= 11 is 0. The first-order valence-corrected chi connectivity index (χ1v) is 16.4. The van der Waals surface area contributed by atoms with E-state index in [-0.39, 0.29) is 26.9 Å². The number of para-hydroxylation sites is 1. The van der Waals surface area contributed by atoms with Gasteiger partial charge in [0.05, 0.1) is 5.58 Å². The number of aryl methyl sites for hydroxylation is 1. The van der Waals surface area contributed by atoms with Crippen molar-refractivity contribution in [2.75, 3.05) is 0 Å². The molecular weight excluding hydrogens is 805 g/mol. The van der Waals surface area contributed by atoms with Crippen LogP contribution in [0.25, 0.3) is 71.6 Å². The summed E-state index contributed by atoms with van der Waals surface area (Å²) in [6, 6.07) is 38.6. The third kappa shape index (κ3) is 5.35. The van der Waals surface area contributed by atoms with Crippen LogP contribution in [0.4, 0.5) is 4.39 Å². The van der Waals surface area contributed by atoms with Crippen LogP contribution >= 0.6 is 0 Å². The predicted molar refractivity (Wildman–Crippen MR) is 194 cm³/mol. The number of halogens is 1. The van der Waals surface area contributed by atoms with Gasteiger partial charge in [0.25, 0.3) is 0 Å². The van der Waals surface area contributed by atoms with Gasteiger partial charge in [-0.05, 0) is 77.2 Å². The minimum atomic E-state index is -0.297. The van der Waals surface area contributed by atoms with Crippen LogP contribution in [0.2, 0.25) is 0 Å². The van der Waals surface area contributed by atoms with E-state index in [2.05, 4.69) is 71.9 Å². The minimum Gasteiger partial charge on any atom is -0.503 e. The molecule has 0 saturated heterocycles. The van der Waals surface area contributed by atoms with Crippen LogP contribution in [0.3, 0.4) is 0 Å². The Bertz CT molecular complexity index is 2730. The first kappa shape index (κ1) is 31.9. The van der Waals surface area contributed by atoms with E-state index in [1.165, 1.54) is 11.6 Å². The van der Waals surface area contributed by atoms with Crippen molar-refractivity contribution in [2.45, 2.75) is 27.2 Å². The van der Waals surface area contributed by atoms with Crippen molar-refractivity contribution in [3.8, 4) is 28.6 Å². The average Bonchev–Trinajstić information content (AvgIpc) is 3.63. The topological polar surface area (TPSA) is 53.1 Å². The quantitative estimate of drug-likeness (QED) is 0.157. The van der Waals surface area contributed by atoms with Crippen LogP contribution in [-0.4, -0.2) is 14.5 Å². The summed E-state index contributed by atoms with van der Waals surface area (Å²) in [5.41, 5.74) is 6.15. The Kier molecular flexibility index (Phi) is 8.00. The van der Waals surface area contributed by atoms with Crippen molar-refractivity contribution in [1.82, 2.24) is 14.5 Å². The van der Waals surface area contributed by atoms with E-state index in [9.17, 15) is 4.39 Å². The number of hydrogen-bond acceptors (Lipinski definition) is 4. The molecule has 0 radical (unpaired) electrons. The fraction of sp³-hybridized carbons (Fsp3) is 0.116. The Hall–Kier alpha value is -5.32. The summed E-state index contributed by atoms with van der Waals surface area (Å²) in [6.07, 6.45) is 4.68. The van der Waals surface area contributed by atoms with Gasteiger partial charge in [-0.3, -0.25) is 0 Å². The summed E-state index contributed by atoms with van der Waals surface area (Å²) in [5, 5.41) is 5.72. The maximum atomic E-state index is 14.9. The molecule has 0 amide bonds. The van der Waals surface area contributed by atoms with Crippen LogP contribution in [0.5, 0.6) is 11.5 Å². The molecular formula is C43H30FN3O2Pt. The van der Waals surface area contributed by atoms with E-state index in [1.807, 2.05) is 54.7 Å². The fourth-order valence-corrected chi connectivity index (χ4v) is 6.91. The Morgan fingerprint density at radius 2 is 1.66 bits per heavy atom. The van der Waals surface area contributed by atoms with Gasteiger partial charge in [-0.15, -0.1) is 17.5 Å². The van der Waals surface area contributed by atoms with E-state index in [1.54, 1.807) is 19.2 Å². The normalized spacial score (nSPS) is 11.7. The zero-order valence-electron chi connectivity index (χ0n) is 27.5. The second-order valence-electron chi connectivity index (χ2n) is 13.0. The summed E-state index contributed by atoms with van der Waals surface area (Å²) in [6.45, 7) is 6.17.